The minimum atomic E-state index is -1.13. The summed E-state index contributed by atoms with van der Waals surface area (Å²) in [7, 11) is 0. The van der Waals surface area contributed by atoms with Gasteiger partial charge in [0.15, 0.2) is 0 Å². The quantitative estimate of drug-likeness (QED) is 0.626. The SMILES string of the molecule is O=C(O)C(Cc1ccccc1)N1C(=O)C(=Cc2cccc(F)c2)SC1=S. The van der Waals surface area contributed by atoms with E-state index >= 15 is 0 Å². The van der Waals surface area contributed by atoms with Crippen LogP contribution in [-0.2, 0) is 16.0 Å². The zero-order valence-corrected chi connectivity index (χ0v) is 15.1. The van der Waals surface area contributed by atoms with Crippen LogP contribution in [0.25, 0.3) is 6.08 Å². The van der Waals surface area contributed by atoms with E-state index in [2.05, 4.69) is 0 Å². The van der Waals surface area contributed by atoms with Crippen molar-refractivity contribution in [3.63, 3.8) is 0 Å². The number of nitrogens with zero attached hydrogens (tertiary/aromatic N) is 1. The van der Waals surface area contributed by atoms with Gasteiger partial charge in [-0.2, -0.15) is 0 Å². The molecule has 1 heterocycles. The van der Waals surface area contributed by atoms with E-state index in [1.54, 1.807) is 18.2 Å². The number of amides is 1. The zero-order valence-electron chi connectivity index (χ0n) is 13.5. The summed E-state index contributed by atoms with van der Waals surface area (Å²) in [6.07, 6.45) is 1.67. The van der Waals surface area contributed by atoms with Crippen LogP contribution in [-0.4, -0.2) is 32.2 Å². The molecule has 26 heavy (non-hydrogen) atoms. The fourth-order valence-electron chi connectivity index (χ4n) is 2.62. The molecule has 0 spiro atoms. The van der Waals surface area contributed by atoms with Gasteiger partial charge in [0.05, 0.1) is 4.91 Å². The number of carbonyl (C=O) groups is 2. The summed E-state index contributed by atoms with van der Waals surface area (Å²) in [5, 5.41) is 9.61. The van der Waals surface area contributed by atoms with Gasteiger partial charge in [-0.05, 0) is 29.3 Å². The third kappa shape index (κ3) is 4.00. The maximum atomic E-state index is 13.3. The van der Waals surface area contributed by atoms with E-state index in [9.17, 15) is 19.1 Å². The molecule has 2 aromatic carbocycles. The van der Waals surface area contributed by atoms with E-state index in [4.69, 9.17) is 12.2 Å². The molecule has 0 saturated carbocycles. The third-order valence-electron chi connectivity index (χ3n) is 3.84. The molecule has 3 rings (SSSR count). The highest BCUT2D eigenvalue weighted by Gasteiger charge is 2.40. The first kappa shape index (κ1) is 18.3. The lowest BCUT2D eigenvalue weighted by atomic mass is 10.0. The molecule has 7 heteroatoms. The van der Waals surface area contributed by atoms with E-state index in [1.165, 1.54) is 24.3 Å². The molecule has 0 aromatic heterocycles. The van der Waals surface area contributed by atoms with Crippen molar-refractivity contribution in [2.75, 3.05) is 0 Å². The molecule has 0 bridgehead atoms. The molecule has 0 aliphatic carbocycles. The molecule has 1 N–H and O–H groups in total. The smallest absolute Gasteiger partial charge is 0.327 e. The Morgan fingerprint density at radius 1 is 1.23 bits per heavy atom. The van der Waals surface area contributed by atoms with Crippen LogP contribution < -0.4 is 0 Å². The van der Waals surface area contributed by atoms with Gasteiger partial charge in [0, 0.05) is 6.42 Å². The number of halogens is 1. The van der Waals surface area contributed by atoms with E-state index in [-0.39, 0.29) is 15.6 Å². The lowest BCUT2D eigenvalue weighted by Gasteiger charge is -2.23. The van der Waals surface area contributed by atoms with Crippen molar-refractivity contribution >= 4 is 46.3 Å². The normalized spacial score (nSPS) is 17.0. The van der Waals surface area contributed by atoms with Crippen molar-refractivity contribution in [2.24, 2.45) is 0 Å². The number of carboxylic acid groups (broad SMARTS) is 1. The third-order valence-corrected chi connectivity index (χ3v) is 5.17. The summed E-state index contributed by atoms with van der Waals surface area (Å²) in [6, 6.07) is 13.8. The molecule has 1 amide bonds. The number of thiocarbonyl (C=S) groups is 1. The Kier molecular flexibility index (Phi) is 5.49. The highest BCUT2D eigenvalue weighted by Crippen LogP contribution is 2.34. The van der Waals surface area contributed by atoms with Crippen molar-refractivity contribution in [2.45, 2.75) is 12.5 Å². The van der Waals surface area contributed by atoms with E-state index in [0.29, 0.717) is 5.56 Å². The van der Waals surface area contributed by atoms with Crippen molar-refractivity contribution < 1.29 is 19.1 Å². The molecule has 1 unspecified atom stereocenters. The van der Waals surface area contributed by atoms with Gasteiger partial charge in [-0.1, -0.05) is 66.4 Å². The summed E-state index contributed by atoms with van der Waals surface area (Å²) in [6.45, 7) is 0. The second-order valence-corrected chi connectivity index (χ2v) is 7.33. The van der Waals surface area contributed by atoms with Gasteiger partial charge in [-0.15, -0.1) is 0 Å². The number of benzene rings is 2. The van der Waals surface area contributed by atoms with Gasteiger partial charge in [0.1, 0.15) is 16.2 Å². The van der Waals surface area contributed by atoms with Crippen LogP contribution in [0.1, 0.15) is 11.1 Å². The molecule has 0 radical (unpaired) electrons. The monoisotopic (exact) mass is 387 g/mol. The molecule has 132 valence electrons. The van der Waals surface area contributed by atoms with Gasteiger partial charge in [-0.3, -0.25) is 9.69 Å². The number of hydrogen-bond acceptors (Lipinski definition) is 4. The Bertz CT molecular complexity index is 899. The maximum absolute atomic E-state index is 13.3. The highest BCUT2D eigenvalue weighted by molar-refractivity contribution is 8.26. The van der Waals surface area contributed by atoms with Crippen LogP contribution in [0.3, 0.4) is 0 Å². The standard InChI is InChI=1S/C19H14FNO3S2/c20-14-8-4-7-13(9-14)11-16-17(22)21(19(25)26-16)15(18(23)24)10-12-5-2-1-3-6-12/h1-9,11,15H,10H2,(H,23,24). The van der Waals surface area contributed by atoms with Crippen LogP contribution in [0.2, 0.25) is 0 Å². The lowest BCUT2D eigenvalue weighted by Crippen LogP contribution is -2.45. The van der Waals surface area contributed by atoms with Gasteiger partial charge in [-0.25, -0.2) is 9.18 Å². The molecule has 2 aromatic rings. The Balaban J connectivity index is 1.88. The van der Waals surface area contributed by atoms with E-state index in [1.807, 2.05) is 18.2 Å². The number of carbonyl (C=O) groups excluding carboxylic acids is 1. The summed E-state index contributed by atoms with van der Waals surface area (Å²) in [5.74, 6) is -2.02. The highest BCUT2D eigenvalue weighted by atomic mass is 32.2. The minimum absolute atomic E-state index is 0.149. The average molecular weight is 387 g/mol. The zero-order chi connectivity index (χ0) is 18.7. The second-order valence-electron chi connectivity index (χ2n) is 5.65. The van der Waals surface area contributed by atoms with Gasteiger partial charge < -0.3 is 5.11 Å². The number of carboxylic acids is 1. The van der Waals surface area contributed by atoms with Crippen molar-refractivity contribution in [1.82, 2.24) is 4.90 Å². The number of rotatable bonds is 5. The second kappa shape index (κ2) is 7.80. The van der Waals surface area contributed by atoms with Crippen LogP contribution in [0, 0.1) is 5.82 Å². The molecule has 1 aliphatic rings. The van der Waals surface area contributed by atoms with Crippen LogP contribution in [0.5, 0.6) is 0 Å². The fraction of sp³-hybridized carbons (Fsp3) is 0.105. The van der Waals surface area contributed by atoms with Crippen LogP contribution >= 0.6 is 24.0 Å². The van der Waals surface area contributed by atoms with Crippen LogP contribution in [0.4, 0.5) is 4.39 Å². The average Bonchev–Trinajstić information content (AvgIpc) is 2.87. The fourth-order valence-corrected chi connectivity index (χ4v) is 3.98. The van der Waals surface area contributed by atoms with Crippen molar-refractivity contribution in [3.8, 4) is 0 Å². The summed E-state index contributed by atoms with van der Waals surface area (Å²) in [4.78, 5) is 25.9. The number of thioether (sulfide) groups is 1. The number of hydrogen-bond donors (Lipinski definition) is 1. The summed E-state index contributed by atoms with van der Waals surface area (Å²) in [5.41, 5.74) is 1.31. The predicted molar refractivity (Wildman–Crippen MR) is 103 cm³/mol. The maximum Gasteiger partial charge on any atom is 0.327 e. The van der Waals surface area contributed by atoms with Crippen molar-refractivity contribution in [3.05, 3.63) is 76.4 Å². The molecular weight excluding hydrogens is 373 g/mol. The van der Waals surface area contributed by atoms with Gasteiger partial charge in [0.25, 0.3) is 5.91 Å². The molecule has 4 nitrogen and oxygen atoms in total. The molecule has 1 atom stereocenters. The van der Waals surface area contributed by atoms with E-state index < -0.39 is 23.7 Å². The Hall–Kier alpha value is -2.51. The van der Waals surface area contributed by atoms with Crippen LogP contribution in [0.15, 0.2) is 59.5 Å². The molecular formula is C19H14FNO3S2. The molecule has 1 saturated heterocycles. The van der Waals surface area contributed by atoms with Gasteiger partial charge >= 0.3 is 5.97 Å². The lowest BCUT2D eigenvalue weighted by molar-refractivity contribution is -0.145. The Morgan fingerprint density at radius 3 is 2.62 bits per heavy atom. The summed E-state index contributed by atoms with van der Waals surface area (Å²) < 4.78 is 13.5. The first-order valence-electron chi connectivity index (χ1n) is 7.75. The topological polar surface area (TPSA) is 57.6 Å². The Morgan fingerprint density at radius 2 is 1.96 bits per heavy atom. The molecule has 1 fully saturated rings. The molecule has 1 aliphatic heterocycles. The predicted octanol–water partition coefficient (Wildman–Crippen LogP) is 3.72. The van der Waals surface area contributed by atoms with E-state index in [0.717, 1.165) is 22.2 Å². The van der Waals surface area contributed by atoms with Gasteiger partial charge in [0.2, 0.25) is 0 Å². The summed E-state index contributed by atoms with van der Waals surface area (Å²) >= 11 is 6.26. The minimum Gasteiger partial charge on any atom is -0.480 e. The van der Waals surface area contributed by atoms with Crippen molar-refractivity contribution in [1.29, 1.82) is 0 Å². The Labute approximate surface area is 159 Å². The first-order valence-corrected chi connectivity index (χ1v) is 8.97. The number of aliphatic carboxylic acids is 1. The largest absolute Gasteiger partial charge is 0.480 e. The first-order chi connectivity index (χ1) is 12.5.